The number of amides is 1. The van der Waals surface area contributed by atoms with E-state index in [0.29, 0.717) is 54.2 Å². The Hall–Kier alpha value is -3.44. The van der Waals surface area contributed by atoms with Gasteiger partial charge in [0.25, 0.3) is 5.91 Å². The molecule has 0 saturated carbocycles. The Kier molecular flexibility index (Phi) is 6.67. The largest absolute Gasteiger partial charge is 0.433 e. The number of aryl methyl sites for hydroxylation is 1. The summed E-state index contributed by atoms with van der Waals surface area (Å²) in [7, 11) is 1.83. The van der Waals surface area contributed by atoms with Crippen molar-refractivity contribution >= 4 is 34.0 Å². The SMILES string of the molecule is Cn1cccc1C(=O)NCCN1CCN(c2ncc(-c3ccsc3)c3nc(C(F)(F)F)ccc23)CC1. The zero-order valence-electron chi connectivity index (χ0n) is 19.6. The Morgan fingerprint density at radius 1 is 1.14 bits per heavy atom. The molecule has 1 aliphatic heterocycles. The third-order valence-corrected chi connectivity index (χ3v) is 7.07. The highest BCUT2D eigenvalue weighted by atomic mass is 32.1. The van der Waals surface area contributed by atoms with E-state index in [2.05, 4.69) is 25.1 Å². The van der Waals surface area contributed by atoms with E-state index in [0.717, 1.165) is 24.7 Å². The summed E-state index contributed by atoms with van der Waals surface area (Å²) < 4.78 is 42.0. The van der Waals surface area contributed by atoms with E-state index < -0.39 is 11.9 Å². The highest BCUT2D eigenvalue weighted by Gasteiger charge is 2.33. The number of carbonyl (C=O) groups is 1. The summed E-state index contributed by atoms with van der Waals surface area (Å²) in [5, 5.41) is 7.32. The van der Waals surface area contributed by atoms with Gasteiger partial charge in [-0.3, -0.25) is 9.69 Å². The number of thiophene rings is 1. The van der Waals surface area contributed by atoms with Crippen molar-refractivity contribution in [1.82, 2.24) is 24.8 Å². The highest BCUT2D eigenvalue weighted by molar-refractivity contribution is 7.08. The average molecular weight is 515 g/mol. The van der Waals surface area contributed by atoms with Crippen LogP contribution in [0.4, 0.5) is 19.0 Å². The number of pyridine rings is 2. The molecule has 1 saturated heterocycles. The summed E-state index contributed by atoms with van der Waals surface area (Å²) in [4.78, 5) is 25.3. The zero-order valence-corrected chi connectivity index (χ0v) is 20.4. The summed E-state index contributed by atoms with van der Waals surface area (Å²) in [5.41, 5.74) is 1.41. The highest BCUT2D eigenvalue weighted by Crippen LogP contribution is 2.36. The van der Waals surface area contributed by atoms with E-state index >= 15 is 0 Å². The Bertz CT molecular complexity index is 1360. The first kappa shape index (κ1) is 24.3. The molecule has 0 radical (unpaired) electrons. The fourth-order valence-electron chi connectivity index (χ4n) is 4.44. The number of nitrogens with one attached hydrogen (secondary N) is 1. The Morgan fingerprint density at radius 2 is 1.94 bits per heavy atom. The first-order valence-electron chi connectivity index (χ1n) is 11.6. The smallest absolute Gasteiger partial charge is 0.353 e. The van der Waals surface area contributed by atoms with Crippen molar-refractivity contribution in [2.45, 2.75) is 6.18 Å². The quantitative estimate of drug-likeness (QED) is 0.417. The van der Waals surface area contributed by atoms with Crippen LogP contribution >= 0.6 is 11.3 Å². The molecule has 0 spiro atoms. The molecule has 7 nitrogen and oxygen atoms in total. The van der Waals surface area contributed by atoms with Crippen molar-refractivity contribution in [2.75, 3.05) is 44.2 Å². The molecule has 188 valence electrons. The number of carbonyl (C=O) groups excluding carboxylic acids is 1. The van der Waals surface area contributed by atoms with Gasteiger partial charge >= 0.3 is 6.18 Å². The molecule has 5 heterocycles. The number of nitrogens with zero attached hydrogens (tertiary/aromatic N) is 5. The summed E-state index contributed by atoms with van der Waals surface area (Å²) in [6.45, 7) is 4.10. The Balaban J connectivity index is 1.29. The van der Waals surface area contributed by atoms with Gasteiger partial charge in [0.1, 0.15) is 17.2 Å². The second-order valence-electron chi connectivity index (χ2n) is 8.69. The molecule has 11 heteroatoms. The number of hydrogen-bond acceptors (Lipinski definition) is 6. The molecule has 1 amide bonds. The number of hydrogen-bond donors (Lipinski definition) is 1. The van der Waals surface area contributed by atoms with Gasteiger partial charge in [0.05, 0.1) is 5.52 Å². The number of alkyl halides is 3. The molecule has 0 bridgehead atoms. The van der Waals surface area contributed by atoms with E-state index in [-0.39, 0.29) is 5.91 Å². The van der Waals surface area contributed by atoms with Crippen LogP contribution in [0.2, 0.25) is 0 Å². The lowest BCUT2D eigenvalue weighted by atomic mass is 10.1. The van der Waals surface area contributed by atoms with E-state index in [1.54, 1.807) is 16.8 Å². The Morgan fingerprint density at radius 3 is 2.61 bits per heavy atom. The monoisotopic (exact) mass is 514 g/mol. The van der Waals surface area contributed by atoms with Gasteiger partial charge < -0.3 is 14.8 Å². The van der Waals surface area contributed by atoms with Gasteiger partial charge in [-0.25, -0.2) is 9.97 Å². The molecule has 0 aromatic carbocycles. The number of rotatable bonds is 6. The van der Waals surface area contributed by atoms with Crippen LogP contribution in [0.3, 0.4) is 0 Å². The molecule has 0 atom stereocenters. The zero-order chi connectivity index (χ0) is 25.3. The maximum Gasteiger partial charge on any atom is 0.433 e. The number of piperazine rings is 1. The van der Waals surface area contributed by atoms with Gasteiger partial charge in [0.2, 0.25) is 0 Å². The van der Waals surface area contributed by atoms with Crippen molar-refractivity contribution in [1.29, 1.82) is 0 Å². The van der Waals surface area contributed by atoms with Crippen LogP contribution in [0.5, 0.6) is 0 Å². The van der Waals surface area contributed by atoms with E-state index in [1.807, 2.05) is 36.1 Å². The predicted octanol–water partition coefficient (Wildman–Crippen LogP) is 4.27. The lowest BCUT2D eigenvalue weighted by molar-refractivity contribution is -0.140. The maximum atomic E-state index is 13.4. The van der Waals surface area contributed by atoms with Crippen LogP contribution in [0.15, 0.2) is 53.5 Å². The maximum absolute atomic E-state index is 13.4. The first-order chi connectivity index (χ1) is 17.3. The van der Waals surface area contributed by atoms with E-state index in [1.165, 1.54) is 17.4 Å². The van der Waals surface area contributed by atoms with Gasteiger partial charge in [-0.15, -0.1) is 0 Å². The molecule has 1 fully saturated rings. The lowest BCUT2D eigenvalue weighted by Gasteiger charge is -2.36. The van der Waals surface area contributed by atoms with Gasteiger partial charge in [-0.2, -0.15) is 24.5 Å². The van der Waals surface area contributed by atoms with E-state index in [9.17, 15) is 18.0 Å². The van der Waals surface area contributed by atoms with Crippen LogP contribution in [-0.4, -0.2) is 64.6 Å². The van der Waals surface area contributed by atoms with Crippen molar-refractivity contribution in [3.8, 4) is 11.1 Å². The minimum atomic E-state index is -4.52. The van der Waals surface area contributed by atoms with Crippen LogP contribution in [-0.2, 0) is 13.2 Å². The average Bonchev–Trinajstić information content (AvgIpc) is 3.55. The summed E-state index contributed by atoms with van der Waals surface area (Å²) in [6, 6.07) is 7.98. The first-order valence-corrected chi connectivity index (χ1v) is 12.5. The number of fused-ring (bicyclic) bond motifs is 1. The van der Waals surface area contributed by atoms with Crippen LogP contribution in [0.25, 0.3) is 22.0 Å². The number of aromatic nitrogens is 3. The minimum Gasteiger partial charge on any atom is -0.353 e. The molecule has 1 aliphatic rings. The second-order valence-corrected chi connectivity index (χ2v) is 9.47. The van der Waals surface area contributed by atoms with Crippen molar-refractivity contribution in [3.63, 3.8) is 0 Å². The van der Waals surface area contributed by atoms with Gasteiger partial charge in [0.15, 0.2) is 0 Å². The molecular weight excluding hydrogens is 489 g/mol. The predicted molar refractivity (Wildman–Crippen MR) is 134 cm³/mol. The molecule has 36 heavy (non-hydrogen) atoms. The van der Waals surface area contributed by atoms with Crippen LogP contribution in [0, 0.1) is 0 Å². The fourth-order valence-corrected chi connectivity index (χ4v) is 5.09. The van der Waals surface area contributed by atoms with Gasteiger partial charge in [-0.05, 0) is 46.7 Å². The number of halogens is 3. The summed E-state index contributed by atoms with van der Waals surface area (Å²) in [6.07, 6.45) is -1.07. The Labute approximate surface area is 210 Å². The number of anilines is 1. The minimum absolute atomic E-state index is 0.103. The van der Waals surface area contributed by atoms with Crippen molar-refractivity contribution < 1.29 is 18.0 Å². The van der Waals surface area contributed by atoms with Crippen molar-refractivity contribution in [2.24, 2.45) is 7.05 Å². The standard InChI is InChI=1S/C25H25F3N6OS/c1-32-8-2-3-20(32)24(35)29-7-9-33-10-12-34(13-11-33)23-18-4-5-21(25(26,27)28)31-22(18)19(15-30-23)17-6-14-36-16-17/h2-6,8,14-16H,7,9-13H2,1H3,(H,29,35). The molecule has 4 aromatic rings. The lowest BCUT2D eigenvalue weighted by Crippen LogP contribution is -2.48. The molecular formula is C25H25F3N6OS. The van der Waals surface area contributed by atoms with Crippen LogP contribution < -0.4 is 10.2 Å². The normalized spacial score (nSPS) is 14.9. The van der Waals surface area contributed by atoms with Gasteiger partial charge in [0, 0.05) is 69.7 Å². The second kappa shape index (κ2) is 9.90. The molecule has 0 aliphatic carbocycles. The van der Waals surface area contributed by atoms with E-state index in [4.69, 9.17) is 0 Å². The molecule has 1 N–H and O–H groups in total. The topological polar surface area (TPSA) is 66.3 Å². The van der Waals surface area contributed by atoms with Crippen molar-refractivity contribution in [3.05, 3.63) is 64.9 Å². The third kappa shape index (κ3) is 4.93. The molecule has 5 rings (SSSR count). The summed E-state index contributed by atoms with van der Waals surface area (Å²) >= 11 is 1.47. The van der Waals surface area contributed by atoms with Crippen LogP contribution in [0.1, 0.15) is 16.2 Å². The fraction of sp³-hybridized carbons (Fsp3) is 0.320. The van der Waals surface area contributed by atoms with Gasteiger partial charge in [-0.1, -0.05) is 0 Å². The summed E-state index contributed by atoms with van der Waals surface area (Å²) in [5.74, 6) is 0.537. The molecule has 4 aromatic heterocycles. The third-order valence-electron chi connectivity index (χ3n) is 6.39. The molecule has 0 unspecified atom stereocenters.